The molecule has 0 fully saturated rings. The number of benzene rings is 1. The molecule has 0 radical (unpaired) electrons. The summed E-state index contributed by atoms with van der Waals surface area (Å²) < 4.78 is 12.2. The number of nitriles is 2. The topological polar surface area (TPSA) is 88.0 Å². The molecule has 0 aliphatic heterocycles. The molecule has 0 saturated heterocycles. The molecule has 1 aromatic carbocycles. The van der Waals surface area contributed by atoms with E-state index >= 15 is 0 Å². The highest BCUT2D eigenvalue weighted by Crippen LogP contribution is 2.24. The standard InChI is InChI=1S/C20H19N3O3/c1-4-25-19-7-5-18(6-8-19)23-14(2)11-16(15(23)3)12-17(13-22)20(24)26-10-9-21/h5-8,11-12H,4,10H2,1-3H3/b17-12+. The minimum absolute atomic E-state index is 0.146. The zero-order valence-corrected chi connectivity index (χ0v) is 14.9. The van der Waals surface area contributed by atoms with E-state index in [2.05, 4.69) is 0 Å². The lowest BCUT2D eigenvalue weighted by atomic mass is 10.1. The molecule has 2 aromatic rings. The number of aryl methyl sites for hydroxylation is 1. The molecule has 1 aromatic heterocycles. The maximum Gasteiger partial charge on any atom is 0.349 e. The SMILES string of the molecule is CCOc1ccc(-n2c(C)cc(/C=C(\C#N)C(=O)OCC#N)c2C)cc1. The fraction of sp³-hybridized carbons (Fsp3) is 0.250. The maximum atomic E-state index is 11.8. The van der Waals surface area contributed by atoms with Crippen LogP contribution in [0.2, 0.25) is 0 Å². The second-order valence-corrected chi connectivity index (χ2v) is 5.49. The predicted octanol–water partition coefficient (Wildman–Crippen LogP) is 3.47. The maximum absolute atomic E-state index is 11.8. The molecule has 0 unspecified atom stereocenters. The molecule has 0 amide bonds. The van der Waals surface area contributed by atoms with E-state index in [-0.39, 0.29) is 12.2 Å². The van der Waals surface area contributed by atoms with Crippen LogP contribution in [0.15, 0.2) is 35.9 Å². The van der Waals surface area contributed by atoms with Crippen molar-refractivity contribution in [2.45, 2.75) is 20.8 Å². The van der Waals surface area contributed by atoms with Crippen molar-refractivity contribution in [3.8, 4) is 23.6 Å². The van der Waals surface area contributed by atoms with Gasteiger partial charge < -0.3 is 14.0 Å². The van der Waals surface area contributed by atoms with Crippen molar-refractivity contribution < 1.29 is 14.3 Å². The van der Waals surface area contributed by atoms with Gasteiger partial charge in [0.15, 0.2) is 6.61 Å². The number of rotatable bonds is 6. The third kappa shape index (κ3) is 4.12. The normalized spacial score (nSPS) is 10.7. The van der Waals surface area contributed by atoms with E-state index in [4.69, 9.17) is 14.7 Å². The summed E-state index contributed by atoms with van der Waals surface area (Å²) in [5.41, 5.74) is 3.38. The smallest absolute Gasteiger partial charge is 0.349 e. The van der Waals surface area contributed by atoms with E-state index in [1.165, 1.54) is 6.08 Å². The minimum Gasteiger partial charge on any atom is -0.494 e. The van der Waals surface area contributed by atoms with Crippen molar-refractivity contribution >= 4 is 12.0 Å². The molecule has 0 spiro atoms. The number of nitrogens with zero attached hydrogens (tertiary/aromatic N) is 3. The third-order valence-corrected chi connectivity index (χ3v) is 3.78. The summed E-state index contributed by atoms with van der Waals surface area (Å²) in [4.78, 5) is 11.8. The molecule has 0 aliphatic carbocycles. The molecule has 6 heteroatoms. The van der Waals surface area contributed by atoms with Crippen LogP contribution in [0.1, 0.15) is 23.9 Å². The zero-order valence-electron chi connectivity index (χ0n) is 14.9. The molecule has 6 nitrogen and oxygen atoms in total. The average Bonchev–Trinajstić information content (AvgIpc) is 2.92. The first-order chi connectivity index (χ1) is 12.5. The van der Waals surface area contributed by atoms with Crippen molar-refractivity contribution in [2.75, 3.05) is 13.2 Å². The van der Waals surface area contributed by atoms with Crippen molar-refractivity contribution in [3.63, 3.8) is 0 Å². The summed E-state index contributed by atoms with van der Waals surface area (Å²) in [6, 6.07) is 13.1. The second-order valence-electron chi connectivity index (χ2n) is 5.49. The van der Waals surface area contributed by atoms with Crippen LogP contribution in [-0.2, 0) is 9.53 Å². The number of carbonyl (C=O) groups is 1. The summed E-state index contributed by atoms with van der Waals surface area (Å²) in [5, 5.41) is 17.7. The first-order valence-electron chi connectivity index (χ1n) is 8.09. The molecule has 0 atom stereocenters. The number of esters is 1. The first-order valence-corrected chi connectivity index (χ1v) is 8.09. The van der Waals surface area contributed by atoms with Crippen LogP contribution < -0.4 is 4.74 Å². The Morgan fingerprint density at radius 3 is 2.50 bits per heavy atom. The van der Waals surface area contributed by atoms with Gasteiger partial charge in [0.2, 0.25) is 0 Å². The molecule has 2 rings (SSSR count). The molecular formula is C20H19N3O3. The lowest BCUT2D eigenvalue weighted by Crippen LogP contribution is -2.07. The van der Waals surface area contributed by atoms with E-state index in [0.717, 1.165) is 28.4 Å². The Labute approximate surface area is 152 Å². The average molecular weight is 349 g/mol. The number of ether oxygens (including phenoxy) is 2. The third-order valence-electron chi connectivity index (χ3n) is 3.78. The van der Waals surface area contributed by atoms with Gasteiger partial charge in [0.05, 0.1) is 6.61 Å². The Bertz CT molecular complexity index is 910. The van der Waals surface area contributed by atoms with Crippen LogP contribution in [0.25, 0.3) is 11.8 Å². The van der Waals surface area contributed by atoms with Crippen LogP contribution in [0.3, 0.4) is 0 Å². The van der Waals surface area contributed by atoms with E-state index in [0.29, 0.717) is 6.61 Å². The van der Waals surface area contributed by atoms with Gasteiger partial charge in [0.25, 0.3) is 0 Å². The Kier molecular flexibility index (Phi) is 6.19. The molecule has 0 bridgehead atoms. The van der Waals surface area contributed by atoms with Gasteiger partial charge in [-0.15, -0.1) is 0 Å². The van der Waals surface area contributed by atoms with Crippen molar-refractivity contribution in [1.29, 1.82) is 10.5 Å². The highest BCUT2D eigenvalue weighted by molar-refractivity contribution is 5.98. The van der Waals surface area contributed by atoms with E-state index in [1.807, 2.05) is 61.7 Å². The molecular weight excluding hydrogens is 330 g/mol. The number of aromatic nitrogens is 1. The molecule has 0 aliphatic rings. The first kappa shape index (κ1) is 18.8. The van der Waals surface area contributed by atoms with Gasteiger partial charge in [-0.1, -0.05) is 0 Å². The summed E-state index contributed by atoms with van der Waals surface area (Å²) in [5.74, 6) is -0.00856. The Hall–Kier alpha value is -3.51. The van der Waals surface area contributed by atoms with E-state index in [1.54, 1.807) is 6.07 Å². The minimum atomic E-state index is -0.806. The van der Waals surface area contributed by atoms with Crippen LogP contribution in [0.5, 0.6) is 5.75 Å². The van der Waals surface area contributed by atoms with Crippen LogP contribution in [-0.4, -0.2) is 23.8 Å². The highest BCUT2D eigenvalue weighted by Gasteiger charge is 2.14. The van der Waals surface area contributed by atoms with E-state index in [9.17, 15) is 10.1 Å². The summed E-state index contributed by atoms with van der Waals surface area (Å²) in [7, 11) is 0. The largest absolute Gasteiger partial charge is 0.494 e. The van der Waals surface area contributed by atoms with Gasteiger partial charge in [0, 0.05) is 17.1 Å². The monoisotopic (exact) mass is 349 g/mol. The van der Waals surface area contributed by atoms with Crippen molar-refractivity contribution in [1.82, 2.24) is 4.57 Å². The van der Waals surface area contributed by atoms with Crippen LogP contribution in [0.4, 0.5) is 0 Å². The lowest BCUT2D eigenvalue weighted by Gasteiger charge is -2.11. The van der Waals surface area contributed by atoms with Gasteiger partial charge in [-0.2, -0.15) is 10.5 Å². The number of hydrogen-bond donors (Lipinski definition) is 0. The van der Waals surface area contributed by atoms with Gasteiger partial charge in [-0.25, -0.2) is 4.79 Å². The quantitative estimate of drug-likeness (QED) is 0.453. The Morgan fingerprint density at radius 1 is 1.23 bits per heavy atom. The second kappa shape index (κ2) is 8.55. The van der Waals surface area contributed by atoms with Crippen molar-refractivity contribution in [3.05, 3.63) is 52.9 Å². The summed E-state index contributed by atoms with van der Waals surface area (Å²) in [6.07, 6.45) is 1.48. The summed E-state index contributed by atoms with van der Waals surface area (Å²) in [6.45, 7) is 6.00. The van der Waals surface area contributed by atoms with Crippen molar-refractivity contribution in [2.24, 2.45) is 0 Å². The lowest BCUT2D eigenvalue weighted by molar-refractivity contribution is -0.137. The highest BCUT2D eigenvalue weighted by atomic mass is 16.5. The van der Waals surface area contributed by atoms with Crippen LogP contribution in [0, 0.1) is 36.5 Å². The molecule has 1 heterocycles. The molecule has 26 heavy (non-hydrogen) atoms. The zero-order chi connectivity index (χ0) is 19.1. The van der Waals surface area contributed by atoms with Gasteiger partial charge >= 0.3 is 5.97 Å². The van der Waals surface area contributed by atoms with Gasteiger partial charge in [-0.3, -0.25) is 0 Å². The van der Waals surface area contributed by atoms with Gasteiger partial charge in [-0.05, 0) is 62.7 Å². The molecule has 132 valence electrons. The Balaban J connectivity index is 2.38. The van der Waals surface area contributed by atoms with E-state index < -0.39 is 5.97 Å². The fourth-order valence-corrected chi connectivity index (χ4v) is 2.66. The fourth-order valence-electron chi connectivity index (χ4n) is 2.66. The van der Waals surface area contributed by atoms with Gasteiger partial charge in [0.1, 0.15) is 23.5 Å². The molecule has 0 N–H and O–H groups in total. The predicted molar refractivity (Wildman–Crippen MR) is 96.6 cm³/mol. The number of carbonyl (C=O) groups excluding carboxylic acids is 1. The molecule has 0 saturated carbocycles. The number of hydrogen-bond acceptors (Lipinski definition) is 5. The summed E-state index contributed by atoms with van der Waals surface area (Å²) >= 11 is 0. The Morgan fingerprint density at radius 2 is 1.92 bits per heavy atom. The van der Waals surface area contributed by atoms with Crippen LogP contribution >= 0.6 is 0 Å².